The number of rotatable bonds is 6. The van der Waals surface area contributed by atoms with Gasteiger partial charge in [-0.2, -0.15) is 5.48 Å². The molecule has 2 N–H and O–H groups in total. The number of carbonyl (C=O) groups is 2. The fourth-order valence-electron chi connectivity index (χ4n) is 5.87. The first kappa shape index (κ1) is 21.1. The first-order valence-electron chi connectivity index (χ1n) is 12.4. The quantitative estimate of drug-likeness (QED) is 0.219. The number of hydrogen-bond acceptors (Lipinski definition) is 4. The number of carbonyl (C=O) groups excluding carboxylic acids is 2. The lowest BCUT2D eigenvalue weighted by atomic mass is 9.79. The molecule has 0 spiro atoms. The molecule has 36 heavy (non-hydrogen) atoms. The smallest absolute Gasteiger partial charge is 0.252 e. The number of hydrogen-bond donors (Lipinski definition) is 2. The fraction of sp³-hybridized carbons (Fsp3) is 0.200. The number of amides is 2. The molecule has 5 aromatic rings. The van der Waals surface area contributed by atoms with Crippen molar-refractivity contribution in [2.45, 2.75) is 39.2 Å². The molecule has 0 aromatic heterocycles. The fourth-order valence-corrected chi connectivity index (χ4v) is 5.87. The Hall–Kier alpha value is -4.16. The second-order valence-electron chi connectivity index (χ2n) is 9.47. The Kier molecular flexibility index (Phi) is 4.51. The van der Waals surface area contributed by atoms with Gasteiger partial charge in [0.2, 0.25) is 5.91 Å². The molecule has 5 aromatic carbocycles. The maximum absolute atomic E-state index is 12.2. The van der Waals surface area contributed by atoms with Crippen LogP contribution >= 0.6 is 0 Å². The molecule has 7 rings (SSSR count). The van der Waals surface area contributed by atoms with Crippen LogP contribution in [0.4, 0.5) is 0 Å². The summed E-state index contributed by atoms with van der Waals surface area (Å²) in [5.74, 6) is -0.0152. The molecule has 2 aliphatic carbocycles. The molecular weight excluding hydrogens is 452 g/mol. The van der Waals surface area contributed by atoms with E-state index in [1.165, 1.54) is 37.7 Å². The van der Waals surface area contributed by atoms with Crippen LogP contribution in [0.25, 0.3) is 54.9 Å². The predicted molar refractivity (Wildman–Crippen MR) is 140 cm³/mol. The molecule has 0 saturated heterocycles. The standard InChI is InChI=1S/C30H24N2O4/c1-3-21(33)31-35-29-19-13-11-17-9-7-15-5-6-16-8-10-18-12-14-20(30(29)36-32-22(34)4-2)28-26(18)24(16)23(15)25(17)27(19)28/h5-7,9-14,29H,3-4,8H2,1-2H3,(H,31,33)(H,32,34). The van der Waals surface area contributed by atoms with E-state index >= 15 is 0 Å². The summed E-state index contributed by atoms with van der Waals surface area (Å²) in [5.41, 5.74) is 7.34. The van der Waals surface area contributed by atoms with Gasteiger partial charge in [-0.1, -0.05) is 68.5 Å². The Morgan fingerprint density at radius 3 is 2.25 bits per heavy atom. The van der Waals surface area contributed by atoms with E-state index in [9.17, 15) is 9.59 Å². The Morgan fingerprint density at radius 1 is 0.778 bits per heavy atom. The van der Waals surface area contributed by atoms with Gasteiger partial charge in [-0.25, -0.2) is 5.48 Å². The van der Waals surface area contributed by atoms with Gasteiger partial charge in [0.25, 0.3) is 5.91 Å². The molecule has 1 atom stereocenters. The van der Waals surface area contributed by atoms with Gasteiger partial charge in [0.1, 0.15) is 0 Å². The van der Waals surface area contributed by atoms with Crippen LogP contribution in [0.2, 0.25) is 0 Å². The topological polar surface area (TPSA) is 76.7 Å². The lowest BCUT2D eigenvalue weighted by molar-refractivity contribution is -0.139. The van der Waals surface area contributed by atoms with Gasteiger partial charge in [0, 0.05) is 23.4 Å². The van der Waals surface area contributed by atoms with Crippen molar-refractivity contribution in [1.82, 2.24) is 11.0 Å². The van der Waals surface area contributed by atoms with Crippen molar-refractivity contribution in [1.29, 1.82) is 0 Å². The van der Waals surface area contributed by atoms with Gasteiger partial charge in [-0.05, 0) is 60.5 Å². The maximum atomic E-state index is 12.2. The van der Waals surface area contributed by atoms with Crippen LogP contribution in [-0.2, 0) is 25.7 Å². The largest absolute Gasteiger partial charge is 0.380 e. The summed E-state index contributed by atoms with van der Waals surface area (Å²) >= 11 is 0. The summed E-state index contributed by atoms with van der Waals surface area (Å²) in [7, 11) is 0. The van der Waals surface area contributed by atoms with Crippen LogP contribution < -0.4 is 21.4 Å². The van der Waals surface area contributed by atoms with Gasteiger partial charge in [-0.15, -0.1) is 0 Å². The predicted octanol–water partition coefficient (Wildman–Crippen LogP) is 4.15. The highest BCUT2D eigenvalue weighted by atomic mass is 16.7. The van der Waals surface area contributed by atoms with E-state index in [0.717, 1.165) is 33.4 Å². The second kappa shape index (κ2) is 7.67. The first-order valence-corrected chi connectivity index (χ1v) is 12.4. The Balaban J connectivity index is 1.66. The van der Waals surface area contributed by atoms with Gasteiger partial charge >= 0.3 is 0 Å². The van der Waals surface area contributed by atoms with E-state index in [0.29, 0.717) is 5.76 Å². The molecule has 0 radical (unpaired) electrons. The SMILES string of the molecule is CCC(=O)NOC1=c2ccc3c4c5c(ccc6ccc7ccc(c(c24)c7c65)C1ONC(=O)CC)CC=3. The molecule has 1 unspecified atom stereocenters. The van der Waals surface area contributed by atoms with Crippen molar-refractivity contribution < 1.29 is 19.3 Å². The summed E-state index contributed by atoms with van der Waals surface area (Å²) in [6.07, 6.45) is 3.01. The lowest BCUT2D eigenvalue weighted by Crippen LogP contribution is -2.34. The van der Waals surface area contributed by atoms with E-state index in [1.807, 2.05) is 12.1 Å². The molecule has 2 amide bonds. The zero-order chi connectivity index (χ0) is 24.6. The molecule has 0 bridgehead atoms. The molecule has 2 aliphatic rings. The lowest BCUT2D eigenvalue weighted by Gasteiger charge is -2.29. The molecule has 0 fully saturated rings. The highest BCUT2D eigenvalue weighted by Crippen LogP contribution is 2.46. The number of benzene rings is 5. The first-order chi connectivity index (χ1) is 17.6. The van der Waals surface area contributed by atoms with Crippen LogP contribution in [0.5, 0.6) is 0 Å². The second-order valence-corrected chi connectivity index (χ2v) is 9.47. The minimum absolute atomic E-state index is 0.232. The van der Waals surface area contributed by atoms with E-state index < -0.39 is 6.10 Å². The summed E-state index contributed by atoms with van der Waals surface area (Å²) < 4.78 is 0. The third-order valence-corrected chi connectivity index (χ3v) is 7.56. The van der Waals surface area contributed by atoms with E-state index in [4.69, 9.17) is 9.68 Å². The van der Waals surface area contributed by atoms with Crippen molar-refractivity contribution in [2.75, 3.05) is 0 Å². The molecule has 0 heterocycles. The highest BCUT2D eigenvalue weighted by molar-refractivity contribution is 6.35. The highest BCUT2D eigenvalue weighted by Gasteiger charge is 2.32. The summed E-state index contributed by atoms with van der Waals surface area (Å²) in [6.45, 7) is 3.54. The van der Waals surface area contributed by atoms with Gasteiger partial charge in [0.15, 0.2) is 11.9 Å². The van der Waals surface area contributed by atoms with Crippen molar-refractivity contribution >= 4 is 66.7 Å². The summed E-state index contributed by atoms with van der Waals surface area (Å²) in [4.78, 5) is 36.3. The minimum Gasteiger partial charge on any atom is -0.380 e. The van der Waals surface area contributed by atoms with Crippen molar-refractivity contribution in [3.05, 3.63) is 70.1 Å². The molecule has 0 saturated carbocycles. The average Bonchev–Trinajstić information content (AvgIpc) is 2.92. The van der Waals surface area contributed by atoms with Gasteiger partial charge in [-0.3, -0.25) is 14.4 Å². The maximum Gasteiger partial charge on any atom is 0.252 e. The van der Waals surface area contributed by atoms with Crippen LogP contribution in [-0.4, -0.2) is 11.8 Å². The van der Waals surface area contributed by atoms with Crippen LogP contribution in [0.3, 0.4) is 0 Å². The summed E-state index contributed by atoms with van der Waals surface area (Å²) in [6, 6.07) is 17.1. The van der Waals surface area contributed by atoms with Gasteiger partial charge < -0.3 is 4.84 Å². The zero-order valence-corrected chi connectivity index (χ0v) is 20.0. The number of hydroxylamine groups is 2. The third-order valence-electron chi connectivity index (χ3n) is 7.56. The van der Waals surface area contributed by atoms with Crippen molar-refractivity contribution in [3.63, 3.8) is 0 Å². The normalized spacial score (nSPS) is 15.8. The Bertz CT molecular complexity index is 1890. The van der Waals surface area contributed by atoms with E-state index in [2.05, 4.69) is 53.4 Å². The van der Waals surface area contributed by atoms with Crippen LogP contribution in [0.15, 0.2) is 48.5 Å². The molecular formula is C30H24N2O4. The molecule has 178 valence electrons. The monoisotopic (exact) mass is 476 g/mol. The number of nitrogens with one attached hydrogen (secondary N) is 2. The van der Waals surface area contributed by atoms with Crippen LogP contribution in [0.1, 0.15) is 43.9 Å². The molecule has 6 nitrogen and oxygen atoms in total. The molecule has 6 heteroatoms. The van der Waals surface area contributed by atoms with E-state index in [1.54, 1.807) is 13.8 Å². The average molecular weight is 477 g/mol. The minimum atomic E-state index is -0.727. The molecule has 0 aliphatic heterocycles. The Morgan fingerprint density at radius 2 is 1.47 bits per heavy atom. The summed E-state index contributed by atoms with van der Waals surface area (Å²) in [5, 5.41) is 11.6. The van der Waals surface area contributed by atoms with Gasteiger partial charge in [0.05, 0.1) is 0 Å². The third kappa shape index (κ3) is 2.76. The van der Waals surface area contributed by atoms with Crippen molar-refractivity contribution in [2.24, 2.45) is 0 Å². The van der Waals surface area contributed by atoms with E-state index in [-0.39, 0.29) is 24.7 Å². The van der Waals surface area contributed by atoms with Crippen molar-refractivity contribution in [3.8, 4) is 0 Å². The van der Waals surface area contributed by atoms with Crippen LogP contribution in [0, 0.1) is 0 Å². The zero-order valence-electron chi connectivity index (χ0n) is 20.0. The Labute approximate surface area is 206 Å².